The molecule has 0 amide bonds. The first-order valence-corrected chi connectivity index (χ1v) is 4.73. The zero-order chi connectivity index (χ0) is 11.6. The van der Waals surface area contributed by atoms with Gasteiger partial charge in [0, 0.05) is 0 Å². The molecule has 0 aromatic rings. The number of ether oxygens (including phenoxy) is 1. The predicted octanol–water partition coefficient (Wildman–Crippen LogP) is -1.78. The average Bonchev–Trinajstić information content (AvgIpc) is 2.20. The van der Waals surface area contributed by atoms with Crippen molar-refractivity contribution in [3.8, 4) is 0 Å². The monoisotopic (exact) mass is 218 g/mol. The summed E-state index contributed by atoms with van der Waals surface area (Å²) in [6, 6.07) is 0. The first kappa shape index (κ1) is 12.1. The molecule has 1 rings (SSSR count). The summed E-state index contributed by atoms with van der Waals surface area (Å²) in [5.41, 5.74) is 0. The summed E-state index contributed by atoms with van der Waals surface area (Å²) in [6.45, 7) is 1.71. The Morgan fingerprint density at radius 2 is 2.07 bits per heavy atom. The Morgan fingerprint density at radius 3 is 2.60 bits per heavy atom. The van der Waals surface area contributed by atoms with Gasteiger partial charge in [0.25, 0.3) is 0 Å². The van der Waals surface area contributed by atoms with Crippen LogP contribution in [0.5, 0.6) is 0 Å². The van der Waals surface area contributed by atoms with Gasteiger partial charge < -0.3 is 20.1 Å². The molecule has 6 heteroatoms. The van der Waals surface area contributed by atoms with Crippen LogP contribution in [0, 0.1) is 5.92 Å². The number of carbonyl (C=O) groups is 2. The molecule has 0 heterocycles. The highest BCUT2D eigenvalue weighted by molar-refractivity contribution is 6.02. The van der Waals surface area contributed by atoms with Crippen LogP contribution in [0.1, 0.15) is 13.3 Å². The van der Waals surface area contributed by atoms with E-state index in [0.29, 0.717) is 0 Å². The molecule has 1 saturated carbocycles. The van der Waals surface area contributed by atoms with Gasteiger partial charge in [-0.3, -0.25) is 9.59 Å². The molecule has 1 aliphatic carbocycles. The minimum atomic E-state index is -1.72. The highest BCUT2D eigenvalue weighted by Crippen LogP contribution is 2.23. The van der Waals surface area contributed by atoms with Gasteiger partial charge >= 0.3 is 5.97 Å². The first-order valence-electron chi connectivity index (χ1n) is 4.73. The lowest BCUT2D eigenvalue weighted by Crippen LogP contribution is -2.53. The Hall–Kier alpha value is -0.980. The van der Waals surface area contributed by atoms with E-state index in [1.165, 1.54) is 0 Å². The molecule has 0 radical (unpaired) electrons. The highest BCUT2D eigenvalue weighted by Gasteiger charge is 2.45. The molecule has 0 aromatic carbocycles. The van der Waals surface area contributed by atoms with E-state index < -0.39 is 36.0 Å². The molecular weight excluding hydrogens is 204 g/mol. The lowest BCUT2D eigenvalue weighted by atomic mass is 9.82. The summed E-state index contributed by atoms with van der Waals surface area (Å²) in [4.78, 5) is 22.6. The summed E-state index contributed by atoms with van der Waals surface area (Å²) in [6.07, 6.45) is -4.74. The highest BCUT2D eigenvalue weighted by atomic mass is 16.5. The third-order valence-corrected chi connectivity index (χ3v) is 2.40. The number of rotatable bonds is 2. The molecule has 1 fully saturated rings. The summed E-state index contributed by atoms with van der Waals surface area (Å²) < 4.78 is 4.62. The minimum absolute atomic E-state index is 0.122. The van der Waals surface area contributed by atoms with Crippen LogP contribution in [0.3, 0.4) is 0 Å². The number of Topliss-reactive ketones (excluding diaryl/α,β-unsaturated/α-hetero) is 1. The Bertz CT molecular complexity index is 263. The molecule has 0 aromatic heterocycles. The Morgan fingerprint density at radius 1 is 1.47 bits per heavy atom. The SMILES string of the molecule is CCOC(=O)C1C[C@H](O)[C@H](O)[C@H](O)C1=O. The van der Waals surface area contributed by atoms with Gasteiger partial charge in [-0.1, -0.05) is 0 Å². The fourth-order valence-electron chi connectivity index (χ4n) is 1.54. The number of ketones is 1. The van der Waals surface area contributed by atoms with Crippen LogP contribution in [0.4, 0.5) is 0 Å². The molecule has 1 unspecified atom stereocenters. The molecule has 15 heavy (non-hydrogen) atoms. The van der Waals surface area contributed by atoms with E-state index in [1.807, 2.05) is 0 Å². The predicted molar refractivity (Wildman–Crippen MR) is 47.8 cm³/mol. The van der Waals surface area contributed by atoms with Gasteiger partial charge in [-0.15, -0.1) is 0 Å². The second kappa shape index (κ2) is 4.69. The largest absolute Gasteiger partial charge is 0.465 e. The number of aliphatic hydroxyl groups excluding tert-OH is 3. The van der Waals surface area contributed by atoms with E-state index in [0.717, 1.165) is 0 Å². The van der Waals surface area contributed by atoms with Crippen molar-refractivity contribution in [1.29, 1.82) is 0 Å². The van der Waals surface area contributed by atoms with Crippen LogP contribution in [0.15, 0.2) is 0 Å². The lowest BCUT2D eigenvalue weighted by molar-refractivity contribution is -0.167. The van der Waals surface area contributed by atoms with Crippen molar-refractivity contribution >= 4 is 11.8 Å². The van der Waals surface area contributed by atoms with Gasteiger partial charge in [0.1, 0.15) is 18.1 Å². The smallest absolute Gasteiger partial charge is 0.316 e. The van der Waals surface area contributed by atoms with Crippen molar-refractivity contribution in [1.82, 2.24) is 0 Å². The van der Waals surface area contributed by atoms with Crippen molar-refractivity contribution in [2.75, 3.05) is 6.61 Å². The van der Waals surface area contributed by atoms with E-state index in [2.05, 4.69) is 4.74 Å². The maximum atomic E-state index is 11.4. The molecule has 86 valence electrons. The van der Waals surface area contributed by atoms with Crippen LogP contribution < -0.4 is 0 Å². The molecule has 0 aliphatic heterocycles. The van der Waals surface area contributed by atoms with Crippen LogP contribution in [0.2, 0.25) is 0 Å². The fourth-order valence-corrected chi connectivity index (χ4v) is 1.54. The van der Waals surface area contributed by atoms with Crippen molar-refractivity contribution in [2.45, 2.75) is 31.7 Å². The second-order valence-electron chi connectivity index (χ2n) is 3.45. The van der Waals surface area contributed by atoms with Crippen LogP contribution in [0.25, 0.3) is 0 Å². The van der Waals surface area contributed by atoms with E-state index >= 15 is 0 Å². The average molecular weight is 218 g/mol. The Balaban J connectivity index is 2.74. The van der Waals surface area contributed by atoms with Crippen LogP contribution >= 0.6 is 0 Å². The molecule has 4 atom stereocenters. The maximum absolute atomic E-state index is 11.4. The van der Waals surface area contributed by atoms with E-state index in [-0.39, 0.29) is 13.0 Å². The third-order valence-electron chi connectivity index (χ3n) is 2.40. The van der Waals surface area contributed by atoms with Gasteiger partial charge in [-0.05, 0) is 13.3 Å². The Kier molecular flexibility index (Phi) is 3.78. The quantitative estimate of drug-likeness (QED) is 0.374. The number of hydrogen-bond donors (Lipinski definition) is 3. The molecule has 6 nitrogen and oxygen atoms in total. The zero-order valence-electron chi connectivity index (χ0n) is 8.29. The normalized spacial score (nSPS) is 36.4. The van der Waals surface area contributed by atoms with Crippen molar-refractivity contribution in [2.24, 2.45) is 5.92 Å². The van der Waals surface area contributed by atoms with Crippen molar-refractivity contribution < 1.29 is 29.6 Å². The van der Waals surface area contributed by atoms with Gasteiger partial charge in [-0.25, -0.2) is 0 Å². The second-order valence-corrected chi connectivity index (χ2v) is 3.45. The molecule has 1 aliphatic rings. The number of hydrogen-bond acceptors (Lipinski definition) is 6. The fraction of sp³-hybridized carbons (Fsp3) is 0.778. The summed E-state index contributed by atoms with van der Waals surface area (Å²) >= 11 is 0. The molecule has 0 spiro atoms. The van der Waals surface area contributed by atoms with E-state index in [4.69, 9.17) is 0 Å². The van der Waals surface area contributed by atoms with E-state index in [9.17, 15) is 24.9 Å². The Labute approximate surface area is 86.5 Å². The summed E-state index contributed by atoms with van der Waals surface area (Å²) in [7, 11) is 0. The first-order chi connectivity index (χ1) is 6.99. The molecule has 0 bridgehead atoms. The maximum Gasteiger partial charge on any atom is 0.316 e. The van der Waals surface area contributed by atoms with E-state index in [1.54, 1.807) is 6.92 Å². The topological polar surface area (TPSA) is 104 Å². The lowest BCUT2D eigenvalue weighted by Gasteiger charge is -2.31. The van der Waals surface area contributed by atoms with Crippen LogP contribution in [-0.2, 0) is 14.3 Å². The number of carbonyl (C=O) groups excluding carboxylic acids is 2. The third kappa shape index (κ3) is 2.34. The van der Waals surface area contributed by atoms with Crippen LogP contribution in [-0.4, -0.2) is 52.0 Å². The molecule has 3 N–H and O–H groups in total. The molecule has 0 saturated heterocycles. The van der Waals surface area contributed by atoms with Crippen molar-refractivity contribution in [3.05, 3.63) is 0 Å². The van der Waals surface area contributed by atoms with Gasteiger partial charge in [-0.2, -0.15) is 0 Å². The standard InChI is InChI=1S/C9H14O6/c1-2-15-9(14)4-3-5(10)7(12)8(13)6(4)11/h4-5,7-8,10,12-13H,2-3H2,1H3/t4?,5-,7-,8+/m0/s1. The molecular formula is C9H14O6. The van der Waals surface area contributed by atoms with Crippen molar-refractivity contribution in [3.63, 3.8) is 0 Å². The van der Waals surface area contributed by atoms with Gasteiger partial charge in [0.2, 0.25) is 0 Å². The minimum Gasteiger partial charge on any atom is -0.465 e. The van der Waals surface area contributed by atoms with Gasteiger partial charge in [0.15, 0.2) is 5.78 Å². The number of aliphatic hydroxyl groups is 3. The summed E-state index contributed by atoms with van der Waals surface area (Å²) in [5, 5.41) is 27.7. The zero-order valence-corrected chi connectivity index (χ0v) is 8.29. The number of esters is 1. The van der Waals surface area contributed by atoms with Gasteiger partial charge in [0.05, 0.1) is 12.7 Å². The summed E-state index contributed by atoms with van der Waals surface area (Å²) in [5.74, 6) is -2.75.